The lowest BCUT2D eigenvalue weighted by atomic mass is 10.2. The number of carbonyl (C=O) groups is 1. The first-order valence-electron chi connectivity index (χ1n) is 8.62. The molecule has 1 amide bonds. The smallest absolute Gasteiger partial charge is 0.275 e. The van der Waals surface area contributed by atoms with E-state index in [0.717, 1.165) is 10.9 Å². The van der Waals surface area contributed by atoms with Crippen LogP contribution in [0.15, 0.2) is 65.8 Å². The number of rotatable bonds is 6. The van der Waals surface area contributed by atoms with Crippen molar-refractivity contribution in [3.63, 3.8) is 0 Å². The average Bonchev–Trinajstić information content (AvgIpc) is 3.21. The van der Waals surface area contributed by atoms with Crippen molar-refractivity contribution < 1.29 is 13.9 Å². The van der Waals surface area contributed by atoms with E-state index in [0.29, 0.717) is 23.9 Å². The molecule has 3 heterocycles. The first-order chi connectivity index (χ1) is 13.7. The first kappa shape index (κ1) is 17.6. The van der Waals surface area contributed by atoms with E-state index in [1.807, 2.05) is 30.3 Å². The summed E-state index contributed by atoms with van der Waals surface area (Å²) < 4.78 is 11.2. The molecule has 0 atom stereocenters. The third-order valence-corrected chi connectivity index (χ3v) is 4.08. The minimum Gasteiger partial charge on any atom is -0.482 e. The van der Waals surface area contributed by atoms with Crippen molar-refractivity contribution in [3.8, 4) is 5.75 Å². The van der Waals surface area contributed by atoms with Gasteiger partial charge >= 0.3 is 0 Å². The van der Waals surface area contributed by atoms with Gasteiger partial charge in [0.05, 0.1) is 18.4 Å². The van der Waals surface area contributed by atoms with E-state index in [9.17, 15) is 4.79 Å². The Balaban J connectivity index is 1.42. The second-order valence-electron chi connectivity index (χ2n) is 6.10. The highest BCUT2D eigenvalue weighted by Gasteiger charge is 2.18. The van der Waals surface area contributed by atoms with Gasteiger partial charge in [-0.25, -0.2) is 4.98 Å². The molecule has 4 aromatic rings. The van der Waals surface area contributed by atoms with Gasteiger partial charge < -0.3 is 14.1 Å². The van der Waals surface area contributed by atoms with Crippen LogP contribution in [-0.2, 0) is 13.2 Å². The highest BCUT2D eigenvalue weighted by molar-refractivity contribution is 5.91. The van der Waals surface area contributed by atoms with Crippen molar-refractivity contribution in [2.75, 3.05) is 7.05 Å². The Kier molecular flexibility index (Phi) is 4.92. The molecule has 0 bridgehead atoms. The number of hydrogen-bond donors (Lipinski definition) is 0. The highest BCUT2D eigenvalue weighted by Crippen LogP contribution is 2.23. The van der Waals surface area contributed by atoms with Crippen LogP contribution in [0.4, 0.5) is 0 Å². The van der Waals surface area contributed by atoms with Gasteiger partial charge in [-0.2, -0.15) is 0 Å². The van der Waals surface area contributed by atoms with Gasteiger partial charge in [-0.1, -0.05) is 18.2 Å². The van der Waals surface area contributed by atoms with Crippen molar-refractivity contribution >= 4 is 16.8 Å². The number of carbonyl (C=O) groups excluding carboxylic acids is 1. The number of benzene rings is 1. The van der Waals surface area contributed by atoms with Crippen LogP contribution in [0.25, 0.3) is 10.9 Å². The number of aromatic nitrogens is 4. The van der Waals surface area contributed by atoms with E-state index >= 15 is 0 Å². The monoisotopic (exact) mass is 375 g/mol. The van der Waals surface area contributed by atoms with Gasteiger partial charge in [0.25, 0.3) is 5.91 Å². The summed E-state index contributed by atoms with van der Waals surface area (Å²) in [5, 5.41) is 0.980. The van der Waals surface area contributed by atoms with Crippen LogP contribution in [0.3, 0.4) is 0 Å². The maximum Gasteiger partial charge on any atom is 0.275 e. The van der Waals surface area contributed by atoms with Gasteiger partial charge in [0.1, 0.15) is 17.5 Å². The van der Waals surface area contributed by atoms with Gasteiger partial charge in [-0.15, -0.1) is 0 Å². The second-order valence-corrected chi connectivity index (χ2v) is 6.10. The fourth-order valence-corrected chi connectivity index (χ4v) is 2.73. The number of para-hydroxylation sites is 1. The van der Waals surface area contributed by atoms with Crippen LogP contribution in [0.1, 0.15) is 22.1 Å². The molecule has 28 heavy (non-hydrogen) atoms. The summed E-state index contributed by atoms with van der Waals surface area (Å²) in [7, 11) is 1.67. The maximum absolute atomic E-state index is 12.5. The third kappa shape index (κ3) is 3.80. The lowest BCUT2D eigenvalue weighted by Crippen LogP contribution is -2.27. The van der Waals surface area contributed by atoms with E-state index in [-0.39, 0.29) is 18.2 Å². The Hall–Kier alpha value is -3.81. The molecule has 0 radical (unpaired) electrons. The van der Waals surface area contributed by atoms with E-state index in [1.54, 1.807) is 31.8 Å². The number of ether oxygens (including phenoxy) is 1. The summed E-state index contributed by atoms with van der Waals surface area (Å²) in [5.41, 5.74) is 1.66. The summed E-state index contributed by atoms with van der Waals surface area (Å²) in [6.45, 7) is 0.421. The Morgan fingerprint density at radius 2 is 2.04 bits per heavy atom. The van der Waals surface area contributed by atoms with Crippen molar-refractivity contribution in [1.82, 2.24) is 24.8 Å². The highest BCUT2D eigenvalue weighted by atomic mass is 16.5. The Bertz CT molecular complexity index is 1090. The number of nitrogens with zero attached hydrogens (tertiary/aromatic N) is 5. The predicted molar refractivity (Wildman–Crippen MR) is 100 cm³/mol. The lowest BCUT2D eigenvalue weighted by Gasteiger charge is -2.14. The van der Waals surface area contributed by atoms with E-state index in [1.165, 1.54) is 11.2 Å². The molecule has 8 nitrogen and oxygen atoms in total. The Labute approximate surface area is 160 Å². The molecular formula is C20H17N5O3. The van der Waals surface area contributed by atoms with Gasteiger partial charge in [0.15, 0.2) is 12.3 Å². The van der Waals surface area contributed by atoms with Crippen LogP contribution in [0, 0.1) is 0 Å². The number of hydrogen-bond acceptors (Lipinski definition) is 7. The number of amides is 1. The second kappa shape index (κ2) is 7.83. The molecule has 140 valence electrons. The van der Waals surface area contributed by atoms with Crippen LogP contribution in [0.2, 0.25) is 0 Å². The first-order valence-corrected chi connectivity index (χ1v) is 8.62. The van der Waals surface area contributed by atoms with Crippen LogP contribution in [-0.4, -0.2) is 37.8 Å². The average molecular weight is 375 g/mol. The summed E-state index contributed by atoms with van der Waals surface area (Å²) >= 11 is 0. The molecule has 0 aliphatic rings. The third-order valence-electron chi connectivity index (χ3n) is 4.08. The summed E-state index contributed by atoms with van der Waals surface area (Å²) in [5.74, 6) is 0.667. The molecule has 8 heteroatoms. The molecule has 4 rings (SSSR count). The number of oxazole rings is 1. The largest absolute Gasteiger partial charge is 0.482 e. The summed E-state index contributed by atoms with van der Waals surface area (Å²) in [6, 6.07) is 9.52. The number of fused-ring (bicyclic) bond motifs is 1. The Morgan fingerprint density at radius 3 is 2.89 bits per heavy atom. The zero-order valence-corrected chi connectivity index (χ0v) is 15.1. The van der Waals surface area contributed by atoms with Gasteiger partial charge in [0, 0.05) is 31.0 Å². The molecule has 0 fully saturated rings. The molecule has 0 aliphatic carbocycles. The standard InChI is InChI=1S/C20H17N5O3/c1-25(11-15-10-21-8-9-22-15)20(26)16-12-28-18(24-16)13-27-17-6-2-4-14-5-3-7-23-19(14)17/h2-10,12H,11,13H2,1H3. The summed E-state index contributed by atoms with van der Waals surface area (Å²) in [4.78, 5) is 30.7. The van der Waals surface area contributed by atoms with E-state index < -0.39 is 0 Å². The molecular weight excluding hydrogens is 358 g/mol. The molecule has 0 aliphatic heterocycles. The number of pyridine rings is 1. The van der Waals surface area contributed by atoms with Crippen molar-refractivity contribution in [1.29, 1.82) is 0 Å². The van der Waals surface area contributed by atoms with Crippen molar-refractivity contribution in [2.45, 2.75) is 13.2 Å². The topological polar surface area (TPSA) is 94.2 Å². The van der Waals surface area contributed by atoms with Crippen molar-refractivity contribution in [3.05, 3.63) is 78.7 Å². The molecule has 0 saturated carbocycles. The zero-order chi connectivity index (χ0) is 19.3. The molecule has 1 aromatic carbocycles. The van der Waals surface area contributed by atoms with Gasteiger partial charge in [-0.3, -0.25) is 19.7 Å². The quantitative estimate of drug-likeness (QED) is 0.511. The van der Waals surface area contributed by atoms with Gasteiger partial charge in [-0.05, 0) is 12.1 Å². The Morgan fingerprint density at radius 1 is 1.14 bits per heavy atom. The van der Waals surface area contributed by atoms with Crippen LogP contribution in [0.5, 0.6) is 5.75 Å². The molecule has 0 spiro atoms. The van der Waals surface area contributed by atoms with Crippen LogP contribution < -0.4 is 4.74 Å². The zero-order valence-electron chi connectivity index (χ0n) is 15.1. The van der Waals surface area contributed by atoms with E-state index in [4.69, 9.17) is 9.15 Å². The predicted octanol–water partition coefficient (Wildman–Crippen LogP) is 2.86. The fourth-order valence-electron chi connectivity index (χ4n) is 2.73. The van der Waals surface area contributed by atoms with Crippen molar-refractivity contribution in [2.24, 2.45) is 0 Å². The SMILES string of the molecule is CN(Cc1cnccn1)C(=O)c1coc(COc2cccc3cccnc23)n1. The van der Waals surface area contributed by atoms with E-state index in [2.05, 4.69) is 19.9 Å². The normalized spacial score (nSPS) is 10.8. The fraction of sp³-hybridized carbons (Fsp3) is 0.150. The maximum atomic E-state index is 12.5. The van der Waals surface area contributed by atoms with Gasteiger partial charge in [0.2, 0.25) is 5.89 Å². The molecule has 3 aromatic heterocycles. The van der Waals surface area contributed by atoms with Crippen LogP contribution >= 0.6 is 0 Å². The molecule has 0 unspecified atom stereocenters. The molecule has 0 N–H and O–H groups in total. The molecule has 0 saturated heterocycles. The summed E-state index contributed by atoms with van der Waals surface area (Å²) in [6.07, 6.45) is 7.83. The lowest BCUT2D eigenvalue weighted by molar-refractivity contribution is 0.0777. The minimum absolute atomic E-state index is 0.0941. The minimum atomic E-state index is -0.271.